The average molecular weight is 463 g/mol. The molecule has 7 nitrogen and oxygen atoms in total. The summed E-state index contributed by atoms with van der Waals surface area (Å²) in [7, 11) is 0. The molecule has 0 atom stereocenters. The third-order valence-electron chi connectivity index (χ3n) is 5.85. The quantitative estimate of drug-likeness (QED) is 0.397. The Hall–Kier alpha value is -4.78. The molecule has 0 saturated heterocycles. The maximum atomic E-state index is 13.7. The Morgan fingerprint density at radius 3 is 2.37 bits per heavy atom. The number of aromatic amines is 2. The van der Waals surface area contributed by atoms with Crippen LogP contribution in [0.2, 0.25) is 0 Å². The number of carbonyl (C=O) groups excluding carboxylic acids is 1. The summed E-state index contributed by atoms with van der Waals surface area (Å²) in [5.41, 5.74) is 3.33. The molecule has 2 heterocycles. The lowest BCUT2D eigenvalue weighted by atomic mass is 9.99. The van der Waals surface area contributed by atoms with Crippen LogP contribution in [0.5, 0.6) is 0 Å². The Balaban J connectivity index is 1.55. The van der Waals surface area contributed by atoms with Crippen molar-refractivity contribution in [2.24, 2.45) is 0 Å². The van der Waals surface area contributed by atoms with Gasteiger partial charge in [0.05, 0.1) is 23.2 Å². The molecule has 2 aromatic heterocycles. The van der Waals surface area contributed by atoms with E-state index < -0.39 is 11.2 Å². The Labute approximate surface area is 200 Å². The summed E-state index contributed by atoms with van der Waals surface area (Å²) in [5.74, 6) is -0.267. The van der Waals surface area contributed by atoms with E-state index in [1.165, 1.54) is 6.20 Å². The predicted molar refractivity (Wildman–Crippen MR) is 135 cm³/mol. The minimum absolute atomic E-state index is 0.0148. The zero-order valence-electron chi connectivity index (χ0n) is 18.8. The highest BCUT2D eigenvalue weighted by Crippen LogP contribution is 2.26. The number of hydrogen-bond acceptors (Lipinski definition) is 4. The highest BCUT2D eigenvalue weighted by atomic mass is 16.2. The van der Waals surface area contributed by atoms with Gasteiger partial charge in [-0.15, -0.1) is 0 Å². The molecule has 0 aliphatic carbocycles. The first-order chi connectivity index (χ1) is 17.1. The van der Waals surface area contributed by atoms with Crippen LogP contribution >= 0.6 is 0 Å². The molecule has 0 spiro atoms. The van der Waals surface area contributed by atoms with Crippen molar-refractivity contribution in [3.63, 3.8) is 0 Å². The zero-order valence-corrected chi connectivity index (χ0v) is 18.8. The third kappa shape index (κ3) is 4.79. The maximum Gasteiger partial charge on any atom is 0.325 e. The van der Waals surface area contributed by atoms with E-state index in [2.05, 4.69) is 15.0 Å². The van der Waals surface area contributed by atoms with Crippen LogP contribution in [0.1, 0.15) is 21.5 Å². The predicted octanol–water partition coefficient (Wildman–Crippen LogP) is 4.12. The molecule has 0 unspecified atom stereocenters. The first-order valence-electron chi connectivity index (χ1n) is 11.2. The molecule has 172 valence electrons. The van der Waals surface area contributed by atoms with E-state index in [0.717, 1.165) is 27.6 Å². The molecule has 1 amide bonds. The summed E-state index contributed by atoms with van der Waals surface area (Å²) in [4.78, 5) is 48.4. The van der Waals surface area contributed by atoms with Crippen molar-refractivity contribution >= 4 is 16.8 Å². The number of H-pyrrole nitrogens is 2. The number of aromatic nitrogens is 3. The number of hydrogen-bond donors (Lipinski definition) is 2. The summed E-state index contributed by atoms with van der Waals surface area (Å²) in [6, 6.07) is 27.2. The Morgan fingerprint density at radius 1 is 0.829 bits per heavy atom. The van der Waals surface area contributed by atoms with Gasteiger partial charge in [0, 0.05) is 24.3 Å². The van der Waals surface area contributed by atoms with Gasteiger partial charge in [0.2, 0.25) is 0 Å². The average Bonchev–Trinajstić information content (AvgIpc) is 2.90. The normalized spacial score (nSPS) is 10.9. The second-order valence-corrected chi connectivity index (χ2v) is 8.20. The van der Waals surface area contributed by atoms with Gasteiger partial charge in [-0.2, -0.15) is 0 Å². The van der Waals surface area contributed by atoms with Gasteiger partial charge >= 0.3 is 5.69 Å². The molecule has 0 aliphatic rings. The molecular weight excluding hydrogens is 440 g/mol. The van der Waals surface area contributed by atoms with E-state index in [4.69, 9.17) is 0 Å². The SMILES string of the molecule is O=C(c1cnc2ccccc2c1)N(Cc1ccccc1-c1ccccc1)Cc1c[nH]c(=O)[nH]c1=O. The van der Waals surface area contributed by atoms with Crippen molar-refractivity contribution in [3.05, 3.63) is 135 Å². The minimum Gasteiger partial charge on any atom is -0.330 e. The van der Waals surface area contributed by atoms with Crippen LogP contribution < -0.4 is 11.2 Å². The number of nitrogens with zero attached hydrogens (tertiary/aromatic N) is 2. The van der Waals surface area contributed by atoms with Gasteiger partial charge < -0.3 is 9.88 Å². The molecule has 35 heavy (non-hydrogen) atoms. The van der Waals surface area contributed by atoms with E-state index in [9.17, 15) is 14.4 Å². The Morgan fingerprint density at radius 2 is 1.54 bits per heavy atom. The molecule has 0 fully saturated rings. The fourth-order valence-corrected chi connectivity index (χ4v) is 4.09. The highest BCUT2D eigenvalue weighted by Gasteiger charge is 2.20. The zero-order chi connectivity index (χ0) is 24.2. The molecule has 3 aromatic carbocycles. The van der Waals surface area contributed by atoms with Gasteiger partial charge in [-0.1, -0.05) is 72.8 Å². The van der Waals surface area contributed by atoms with Crippen LogP contribution in [0, 0.1) is 0 Å². The van der Waals surface area contributed by atoms with E-state index in [0.29, 0.717) is 5.56 Å². The van der Waals surface area contributed by atoms with Crippen molar-refractivity contribution in [2.45, 2.75) is 13.1 Å². The Bertz CT molecular complexity index is 1620. The van der Waals surface area contributed by atoms with Gasteiger partial charge in [-0.05, 0) is 28.8 Å². The molecule has 0 saturated carbocycles. The summed E-state index contributed by atoms with van der Waals surface area (Å²) in [6.45, 7) is 0.274. The fraction of sp³-hybridized carbons (Fsp3) is 0.0714. The van der Waals surface area contributed by atoms with E-state index in [1.807, 2.05) is 78.9 Å². The van der Waals surface area contributed by atoms with Crippen molar-refractivity contribution < 1.29 is 4.79 Å². The van der Waals surface area contributed by atoms with Gasteiger partial charge in [0.25, 0.3) is 11.5 Å². The number of nitrogens with one attached hydrogen (secondary N) is 2. The second-order valence-electron chi connectivity index (χ2n) is 8.20. The highest BCUT2D eigenvalue weighted by molar-refractivity contribution is 5.97. The molecule has 5 aromatic rings. The molecule has 0 radical (unpaired) electrons. The monoisotopic (exact) mass is 462 g/mol. The number of benzene rings is 3. The number of carbonyl (C=O) groups is 1. The van der Waals surface area contributed by atoms with Crippen molar-refractivity contribution in [1.82, 2.24) is 19.9 Å². The third-order valence-corrected chi connectivity index (χ3v) is 5.85. The van der Waals surface area contributed by atoms with E-state index >= 15 is 0 Å². The van der Waals surface area contributed by atoms with Crippen LogP contribution in [-0.2, 0) is 13.1 Å². The van der Waals surface area contributed by atoms with Crippen LogP contribution in [0.4, 0.5) is 0 Å². The van der Waals surface area contributed by atoms with E-state index in [-0.39, 0.29) is 24.6 Å². The van der Waals surface area contributed by atoms with Crippen molar-refractivity contribution in [3.8, 4) is 11.1 Å². The standard InChI is InChI=1S/C28H22N4O3/c33-26-23(16-30-28(35)31-26)18-32(27(34)22-14-20-10-5-7-13-25(20)29-15-22)17-21-11-4-6-12-24(21)19-8-2-1-3-9-19/h1-16H,17-18H2,(H2,30,31,33,35). The van der Waals surface area contributed by atoms with Crippen molar-refractivity contribution in [2.75, 3.05) is 0 Å². The number of rotatable bonds is 6. The number of para-hydroxylation sites is 1. The lowest BCUT2D eigenvalue weighted by molar-refractivity contribution is 0.0729. The smallest absolute Gasteiger partial charge is 0.325 e. The number of fused-ring (bicyclic) bond motifs is 1. The van der Waals surface area contributed by atoms with Gasteiger partial charge in [-0.3, -0.25) is 19.6 Å². The van der Waals surface area contributed by atoms with Crippen LogP contribution in [-0.4, -0.2) is 25.8 Å². The van der Waals surface area contributed by atoms with Crippen LogP contribution in [0.3, 0.4) is 0 Å². The van der Waals surface area contributed by atoms with E-state index in [1.54, 1.807) is 17.2 Å². The summed E-state index contributed by atoms with van der Waals surface area (Å²) >= 11 is 0. The van der Waals surface area contributed by atoms with Gasteiger partial charge in [0.1, 0.15) is 0 Å². The largest absolute Gasteiger partial charge is 0.330 e. The molecule has 5 rings (SSSR count). The maximum absolute atomic E-state index is 13.7. The Kier molecular flexibility index (Phi) is 6.05. The topological polar surface area (TPSA) is 98.9 Å². The minimum atomic E-state index is -0.593. The van der Waals surface area contributed by atoms with Crippen LogP contribution in [0.25, 0.3) is 22.0 Å². The number of pyridine rings is 1. The van der Waals surface area contributed by atoms with Crippen LogP contribution in [0.15, 0.2) is 107 Å². The fourth-order valence-electron chi connectivity index (χ4n) is 4.09. The molecular formula is C28H22N4O3. The summed E-state index contributed by atoms with van der Waals surface area (Å²) in [5, 5.41) is 0.852. The molecule has 7 heteroatoms. The number of amides is 1. The van der Waals surface area contributed by atoms with Gasteiger partial charge in [-0.25, -0.2) is 4.79 Å². The van der Waals surface area contributed by atoms with Gasteiger partial charge in [0.15, 0.2) is 0 Å². The first-order valence-corrected chi connectivity index (χ1v) is 11.2. The molecule has 0 aliphatic heterocycles. The van der Waals surface area contributed by atoms with Crippen molar-refractivity contribution in [1.29, 1.82) is 0 Å². The lowest BCUT2D eigenvalue weighted by Gasteiger charge is -2.24. The molecule has 2 N–H and O–H groups in total. The second kappa shape index (κ2) is 9.61. The summed E-state index contributed by atoms with van der Waals surface area (Å²) in [6.07, 6.45) is 2.90. The summed E-state index contributed by atoms with van der Waals surface area (Å²) < 4.78 is 0. The lowest BCUT2D eigenvalue weighted by Crippen LogP contribution is -2.34. The molecule has 0 bridgehead atoms. The first kappa shape index (κ1) is 22.0.